The highest BCUT2D eigenvalue weighted by Gasteiger charge is 2.35. The van der Waals surface area contributed by atoms with Gasteiger partial charge in [0.05, 0.1) is 6.54 Å². The van der Waals surface area contributed by atoms with E-state index in [1.165, 1.54) is 4.90 Å². The Kier molecular flexibility index (Phi) is 5.18. The van der Waals surface area contributed by atoms with E-state index in [0.717, 1.165) is 6.54 Å². The summed E-state index contributed by atoms with van der Waals surface area (Å²) in [4.78, 5) is 1.43. The van der Waals surface area contributed by atoms with Crippen LogP contribution in [0.25, 0.3) is 0 Å². The molecule has 0 spiro atoms. The van der Waals surface area contributed by atoms with Crippen molar-refractivity contribution in [1.82, 2.24) is 10.2 Å². The van der Waals surface area contributed by atoms with Crippen LogP contribution in [0.1, 0.15) is 12.0 Å². The molecule has 1 saturated heterocycles. The Labute approximate surface area is 125 Å². The predicted octanol–water partition coefficient (Wildman–Crippen LogP) is 3.72. The van der Waals surface area contributed by atoms with Crippen molar-refractivity contribution >= 4 is 23.2 Å². The zero-order valence-corrected chi connectivity index (χ0v) is 12.2. The van der Waals surface area contributed by atoms with Gasteiger partial charge in [0.25, 0.3) is 0 Å². The quantitative estimate of drug-likeness (QED) is 0.907. The first-order valence-electron chi connectivity index (χ1n) is 6.30. The normalized spacial score (nSPS) is 19.8. The maximum atomic E-state index is 12.7. The van der Waals surface area contributed by atoms with Gasteiger partial charge in [-0.1, -0.05) is 29.3 Å². The van der Waals surface area contributed by atoms with Gasteiger partial charge >= 0.3 is 6.18 Å². The van der Waals surface area contributed by atoms with Crippen molar-refractivity contribution in [2.45, 2.75) is 25.2 Å². The molecule has 2 nitrogen and oxygen atoms in total. The average Bonchev–Trinajstić information content (AvgIpc) is 2.83. The second-order valence-electron chi connectivity index (χ2n) is 4.90. The van der Waals surface area contributed by atoms with Gasteiger partial charge in [-0.05, 0) is 30.7 Å². The van der Waals surface area contributed by atoms with E-state index in [2.05, 4.69) is 5.32 Å². The third kappa shape index (κ3) is 4.52. The third-order valence-electron chi connectivity index (χ3n) is 3.32. The van der Waals surface area contributed by atoms with Gasteiger partial charge in [0.2, 0.25) is 0 Å². The van der Waals surface area contributed by atoms with Gasteiger partial charge in [-0.25, -0.2) is 0 Å². The van der Waals surface area contributed by atoms with Crippen molar-refractivity contribution in [2.75, 3.05) is 19.6 Å². The molecule has 1 aromatic carbocycles. The molecular weight excluding hydrogens is 312 g/mol. The number of halogens is 5. The maximum Gasteiger partial charge on any atom is 0.401 e. The number of hydrogen-bond donors (Lipinski definition) is 1. The first-order chi connectivity index (χ1) is 9.35. The minimum Gasteiger partial charge on any atom is -0.315 e. The van der Waals surface area contributed by atoms with Gasteiger partial charge in [0.15, 0.2) is 0 Å². The lowest BCUT2D eigenvalue weighted by atomic mass is 10.1. The Hall–Kier alpha value is -0.490. The Morgan fingerprint density at radius 1 is 1.30 bits per heavy atom. The standard InChI is InChI=1S/C13H15Cl2F3N2/c14-10-2-1-9(12(15)5-10)7-20(8-13(16,17)18)11-3-4-19-6-11/h1-2,5,11,19H,3-4,6-8H2/t11-/m0/s1. The molecule has 0 amide bonds. The van der Waals surface area contributed by atoms with Crippen LogP contribution in [0.5, 0.6) is 0 Å². The third-order valence-corrected chi connectivity index (χ3v) is 3.91. The molecule has 1 atom stereocenters. The summed E-state index contributed by atoms with van der Waals surface area (Å²) in [6, 6.07) is 4.75. The van der Waals surface area contributed by atoms with Crippen LogP contribution in [0, 0.1) is 0 Å². The molecule has 1 aromatic rings. The molecule has 0 saturated carbocycles. The molecule has 0 radical (unpaired) electrons. The van der Waals surface area contributed by atoms with Crippen LogP contribution in [0.3, 0.4) is 0 Å². The molecule has 0 aromatic heterocycles. The lowest BCUT2D eigenvalue weighted by molar-refractivity contribution is -0.151. The molecule has 1 heterocycles. The van der Waals surface area contributed by atoms with Crippen LogP contribution in [-0.2, 0) is 6.54 Å². The topological polar surface area (TPSA) is 15.3 Å². The molecule has 112 valence electrons. The van der Waals surface area contributed by atoms with E-state index in [1.807, 2.05) is 0 Å². The summed E-state index contributed by atoms with van der Waals surface area (Å²) in [6.45, 7) is 0.550. The highest BCUT2D eigenvalue weighted by molar-refractivity contribution is 6.35. The zero-order valence-electron chi connectivity index (χ0n) is 10.7. The summed E-state index contributed by atoms with van der Waals surface area (Å²) in [7, 11) is 0. The van der Waals surface area contributed by atoms with E-state index in [1.54, 1.807) is 18.2 Å². The summed E-state index contributed by atoms with van der Waals surface area (Å²) in [5.74, 6) is 0. The predicted molar refractivity (Wildman–Crippen MR) is 74.2 cm³/mol. The van der Waals surface area contributed by atoms with E-state index >= 15 is 0 Å². The van der Waals surface area contributed by atoms with E-state index in [0.29, 0.717) is 28.6 Å². The number of nitrogens with zero attached hydrogens (tertiary/aromatic N) is 1. The van der Waals surface area contributed by atoms with Gasteiger partial charge < -0.3 is 5.32 Å². The molecule has 1 fully saturated rings. The highest BCUT2D eigenvalue weighted by Crippen LogP contribution is 2.26. The molecular formula is C13H15Cl2F3N2. The molecule has 1 aliphatic heterocycles. The fourth-order valence-corrected chi connectivity index (χ4v) is 2.83. The number of hydrogen-bond acceptors (Lipinski definition) is 2. The minimum absolute atomic E-state index is 0.122. The fraction of sp³-hybridized carbons (Fsp3) is 0.538. The molecule has 0 bridgehead atoms. The van der Waals surface area contributed by atoms with Crippen LogP contribution in [0.15, 0.2) is 18.2 Å². The fourth-order valence-electron chi connectivity index (χ4n) is 2.36. The minimum atomic E-state index is -4.22. The first-order valence-corrected chi connectivity index (χ1v) is 7.06. The molecule has 1 N–H and O–H groups in total. The van der Waals surface area contributed by atoms with Gasteiger partial charge in [0.1, 0.15) is 0 Å². The molecule has 2 rings (SSSR count). The lowest BCUT2D eigenvalue weighted by Crippen LogP contribution is -2.42. The number of rotatable bonds is 4. The van der Waals surface area contributed by atoms with Crippen LogP contribution < -0.4 is 5.32 Å². The van der Waals surface area contributed by atoms with Crippen molar-refractivity contribution in [2.24, 2.45) is 0 Å². The van der Waals surface area contributed by atoms with Gasteiger partial charge in [-0.2, -0.15) is 13.2 Å². The summed E-state index contributed by atoms with van der Waals surface area (Å²) in [6.07, 6.45) is -3.51. The lowest BCUT2D eigenvalue weighted by Gasteiger charge is -2.29. The summed E-state index contributed by atoms with van der Waals surface area (Å²) in [5, 5.41) is 3.96. The zero-order chi connectivity index (χ0) is 14.8. The summed E-state index contributed by atoms with van der Waals surface area (Å²) < 4.78 is 38.1. The van der Waals surface area contributed by atoms with E-state index in [-0.39, 0.29) is 12.6 Å². The second-order valence-corrected chi connectivity index (χ2v) is 5.75. The first kappa shape index (κ1) is 15.9. The van der Waals surface area contributed by atoms with Gasteiger partial charge in [0, 0.05) is 29.2 Å². The molecule has 0 unspecified atom stereocenters. The van der Waals surface area contributed by atoms with Crippen molar-refractivity contribution in [3.8, 4) is 0 Å². The van der Waals surface area contributed by atoms with E-state index in [9.17, 15) is 13.2 Å². The van der Waals surface area contributed by atoms with Gasteiger partial charge in [-0.3, -0.25) is 4.90 Å². The average molecular weight is 327 g/mol. The maximum absolute atomic E-state index is 12.7. The van der Waals surface area contributed by atoms with Crippen LogP contribution >= 0.6 is 23.2 Å². The van der Waals surface area contributed by atoms with Crippen LogP contribution in [0.2, 0.25) is 10.0 Å². The largest absolute Gasteiger partial charge is 0.401 e. The smallest absolute Gasteiger partial charge is 0.315 e. The number of nitrogens with one attached hydrogen (secondary N) is 1. The van der Waals surface area contributed by atoms with Crippen LogP contribution in [-0.4, -0.2) is 36.8 Å². The van der Waals surface area contributed by atoms with E-state index in [4.69, 9.17) is 23.2 Å². The second kappa shape index (κ2) is 6.52. The summed E-state index contributed by atoms with van der Waals surface area (Å²) in [5.41, 5.74) is 0.659. The van der Waals surface area contributed by atoms with Crippen molar-refractivity contribution < 1.29 is 13.2 Å². The van der Waals surface area contributed by atoms with Gasteiger partial charge in [-0.15, -0.1) is 0 Å². The molecule has 1 aliphatic rings. The van der Waals surface area contributed by atoms with Crippen LogP contribution in [0.4, 0.5) is 13.2 Å². The van der Waals surface area contributed by atoms with E-state index < -0.39 is 12.7 Å². The van der Waals surface area contributed by atoms with Crippen molar-refractivity contribution in [1.29, 1.82) is 0 Å². The Balaban J connectivity index is 2.13. The number of alkyl halides is 3. The Bertz CT molecular complexity index is 459. The SMILES string of the molecule is FC(F)(F)CN(Cc1ccc(Cl)cc1Cl)[C@H]1CCNC1. The molecule has 20 heavy (non-hydrogen) atoms. The highest BCUT2D eigenvalue weighted by atomic mass is 35.5. The Morgan fingerprint density at radius 3 is 2.60 bits per heavy atom. The monoisotopic (exact) mass is 326 g/mol. The number of benzene rings is 1. The Morgan fingerprint density at radius 2 is 2.05 bits per heavy atom. The summed E-state index contributed by atoms with van der Waals surface area (Å²) >= 11 is 11.8. The molecule has 7 heteroatoms. The van der Waals surface area contributed by atoms with Crippen molar-refractivity contribution in [3.63, 3.8) is 0 Å². The molecule has 0 aliphatic carbocycles. The van der Waals surface area contributed by atoms with Crippen molar-refractivity contribution in [3.05, 3.63) is 33.8 Å².